The highest BCUT2D eigenvalue weighted by molar-refractivity contribution is 7.99. The van der Waals surface area contributed by atoms with Gasteiger partial charge in [0.15, 0.2) is 0 Å². The third-order valence-corrected chi connectivity index (χ3v) is 4.27. The van der Waals surface area contributed by atoms with Crippen LogP contribution in [0.2, 0.25) is 0 Å². The molecule has 6 heteroatoms. The second kappa shape index (κ2) is 6.80. The summed E-state index contributed by atoms with van der Waals surface area (Å²) in [6.07, 6.45) is 6.86. The number of hydrogen-bond acceptors (Lipinski definition) is 4. The van der Waals surface area contributed by atoms with E-state index in [0.717, 1.165) is 37.6 Å². The minimum Gasteiger partial charge on any atom is -0.481 e. The molecule has 1 unspecified atom stereocenters. The molecule has 0 aromatic carbocycles. The summed E-state index contributed by atoms with van der Waals surface area (Å²) in [6, 6.07) is 0.198. The topological polar surface area (TPSA) is 58.4 Å². The van der Waals surface area contributed by atoms with Gasteiger partial charge in [0, 0.05) is 49.6 Å². The molecule has 0 bridgehead atoms. The fourth-order valence-corrected chi connectivity index (χ4v) is 3.38. The van der Waals surface area contributed by atoms with Crippen LogP contribution in [0.5, 0.6) is 0 Å². The SMILES string of the molecule is O=C(O)CC1CSCCN1CCCn1ccnc1. The lowest BCUT2D eigenvalue weighted by atomic mass is 10.2. The minimum absolute atomic E-state index is 0.198. The van der Waals surface area contributed by atoms with Crippen molar-refractivity contribution in [2.45, 2.75) is 25.4 Å². The number of carboxylic acids is 1. The van der Waals surface area contributed by atoms with Crippen molar-refractivity contribution in [2.75, 3.05) is 24.6 Å². The fraction of sp³-hybridized carbons (Fsp3) is 0.667. The Kier molecular flexibility index (Phi) is 5.07. The maximum atomic E-state index is 10.8. The maximum absolute atomic E-state index is 10.8. The largest absolute Gasteiger partial charge is 0.481 e. The van der Waals surface area contributed by atoms with Gasteiger partial charge in [-0.1, -0.05) is 0 Å². The fourth-order valence-electron chi connectivity index (χ4n) is 2.25. The van der Waals surface area contributed by atoms with Crippen LogP contribution in [0.4, 0.5) is 0 Å². The number of hydrogen-bond donors (Lipinski definition) is 1. The molecular formula is C12H19N3O2S. The van der Waals surface area contributed by atoms with E-state index in [1.807, 2.05) is 24.3 Å². The zero-order valence-corrected chi connectivity index (χ0v) is 11.2. The van der Waals surface area contributed by atoms with Crippen molar-refractivity contribution in [3.8, 4) is 0 Å². The van der Waals surface area contributed by atoms with Crippen molar-refractivity contribution in [3.05, 3.63) is 18.7 Å². The first-order chi connectivity index (χ1) is 8.75. The lowest BCUT2D eigenvalue weighted by molar-refractivity contribution is -0.138. The zero-order valence-electron chi connectivity index (χ0n) is 10.4. The molecule has 1 saturated heterocycles. The summed E-state index contributed by atoms with van der Waals surface area (Å²) in [6.45, 7) is 2.92. The van der Waals surface area contributed by atoms with Crippen LogP contribution in [0.1, 0.15) is 12.8 Å². The van der Waals surface area contributed by atoms with Crippen LogP contribution < -0.4 is 0 Å². The van der Waals surface area contributed by atoms with E-state index in [2.05, 4.69) is 14.5 Å². The van der Waals surface area contributed by atoms with Gasteiger partial charge in [-0.15, -0.1) is 0 Å². The van der Waals surface area contributed by atoms with Crippen LogP contribution >= 0.6 is 11.8 Å². The minimum atomic E-state index is -0.692. The van der Waals surface area contributed by atoms with Crippen LogP contribution in [0.3, 0.4) is 0 Å². The number of aromatic nitrogens is 2. The molecule has 1 aliphatic rings. The molecule has 0 aliphatic carbocycles. The summed E-state index contributed by atoms with van der Waals surface area (Å²) in [5, 5.41) is 8.91. The van der Waals surface area contributed by atoms with Gasteiger partial charge in [0.1, 0.15) is 0 Å². The van der Waals surface area contributed by atoms with Crippen molar-refractivity contribution in [2.24, 2.45) is 0 Å². The molecule has 2 heterocycles. The number of thioether (sulfide) groups is 1. The van der Waals surface area contributed by atoms with Gasteiger partial charge < -0.3 is 9.67 Å². The van der Waals surface area contributed by atoms with Crippen molar-refractivity contribution in [1.29, 1.82) is 0 Å². The van der Waals surface area contributed by atoms with E-state index < -0.39 is 5.97 Å². The highest BCUT2D eigenvalue weighted by atomic mass is 32.2. The Morgan fingerprint density at radius 1 is 1.50 bits per heavy atom. The molecule has 1 aromatic rings. The van der Waals surface area contributed by atoms with Crippen molar-refractivity contribution in [3.63, 3.8) is 0 Å². The van der Waals surface area contributed by atoms with Crippen LogP contribution in [0.15, 0.2) is 18.7 Å². The van der Waals surface area contributed by atoms with Gasteiger partial charge >= 0.3 is 5.97 Å². The Labute approximate surface area is 111 Å². The van der Waals surface area contributed by atoms with E-state index >= 15 is 0 Å². The maximum Gasteiger partial charge on any atom is 0.304 e. The number of carbonyl (C=O) groups is 1. The first-order valence-corrected chi connectivity index (χ1v) is 7.40. The molecule has 18 heavy (non-hydrogen) atoms. The van der Waals surface area contributed by atoms with Gasteiger partial charge in [-0.05, 0) is 6.42 Å². The molecule has 2 rings (SSSR count). The van der Waals surface area contributed by atoms with Crippen LogP contribution in [0, 0.1) is 0 Å². The molecule has 0 spiro atoms. The van der Waals surface area contributed by atoms with Crippen LogP contribution in [-0.4, -0.2) is 56.2 Å². The normalized spacial score (nSPS) is 21.0. The van der Waals surface area contributed by atoms with E-state index in [4.69, 9.17) is 5.11 Å². The quantitative estimate of drug-likeness (QED) is 0.840. The Hall–Kier alpha value is -1.01. The summed E-state index contributed by atoms with van der Waals surface area (Å²) in [4.78, 5) is 17.2. The molecule has 100 valence electrons. The van der Waals surface area contributed by atoms with Gasteiger partial charge in [-0.25, -0.2) is 4.98 Å². The number of carboxylic acid groups (broad SMARTS) is 1. The number of nitrogens with zero attached hydrogens (tertiary/aromatic N) is 3. The Balaban J connectivity index is 1.76. The van der Waals surface area contributed by atoms with Gasteiger partial charge in [0.05, 0.1) is 12.7 Å². The summed E-state index contributed by atoms with van der Waals surface area (Å²) in [7, 11) is 0. The Morgan fingerprint density at radius 3 is 3.11 bits per heavy atom. The predicted molar refractivity (Wildman–Crippen MR) is 71.8 cm³/mol. The van der Waals surface area contributed by atoms with E-state index in [-0.39, 0.29) is 12.5 Å². The molecular weight excluding hydrogens is 250 g/mol. The molecule has 1 N–H and O–H groups in total. The molecule has 0 saturated carbocycles. The molecule has 0 radical (unpaired) electrons. The van der Waals surface area contributed by atoms with Gasteiger partial charge in [-0.2, -0.15) is 11.8 Å². The average Bonchev–Trinajstić information content (AvgIpc) is 2.84. The standard InChI is InChI=1S/C12H19N3O2S/c16-12(17)8-11-9-18-7-6-15(11)4-1-3-14-5-2-13-10-14/h2,5,10-11H,1,3-4,6-9H2,(H,16,17). The van der Waals surface area contributed by atoms with Crippen LogP contribution in [-0.2, 0) is 11.3 Å². The third kappa shape index (κ3) is 4.03. The van der Waals surface area contributed by atoms with Gasteiger partial charge in [0.2, 0.25) is 0 Å². The highest BCUT2D eigenvalue weighted by Crippen LogP contribution is 2.19. The van der Waals surface area contributed by atoms with Crippen LogP contribution in [0.25, 0.3) is 0 Å². The lowest BCUT2D eigenvalue weighted by Crippen LogP contribution is -2.44. The first kappa shape index (κ1) is 13.4. The first-order valence-electron chi connectivity index (χ1n) is 6.25. The summed E-state index contributed by atoms with van der Waals surface area (Å²) < 4.78 is 2.06. The monoisotopic (exact) mass is 269 g/mol. The number of rotatable bonds is 6. The van der Waals surface area contributed by atoms with Gasteiger partial charge in [0.25, 0.3) is 0 Å². The molecule has 1 aliphatic heterocycles. The smallest absolute Gasteiger partial charge is 0.304 e. The van der Waals surface area contributed by atoms with Crippen molar-refractivity contribution in [1.82, 2.24) is 14.5 Å². The second-order valence-electron chi connectivity index (χ2n) is 4.52. The zero-order chi connectivity index (χ0) is 12.8. The van der Waals surface area contributed by atoms with Crippen molar-refractivity contribution >= 4 is 17.7 Å². The third-order valence-electron chi connectivity index (χ3n) is 3.18. The van der Waals surface area contributed by atoms with E-state index in [1.54, 1.807) is 6.20 Å². The molecule has 1 atom stereocenters. The predicted octanol–water partition coefficient (Wildman–Crippen LogP) is 1.17. The van der Waals surface area contributed by atoms with Crippen molar-refractivity contribution < 1.29 is 9.90 Å². The van der Waals surface area contributed by atoms with E-state index in [9.17, 15) is 4.79 Å². The highest BCUT2D eigenvalue weighted by Gasteiger charge is 2.24. The number of imidazole rings is 1. The summed E-state index contributed by atoms with van der Waals surface area (Å²) >= 11 is 1.86. The van der Waals surface area contributed by atoms with Gasteiger partial charge in [-0.3, -0.25) is 9.69 Å². The summed E-state index contributed by atoms with van der Waals surface area (Å²) in [5.41, 5.74) is 0. The number of aryl methyl sites for hydroxylation is 1. The van der Waals surface area contributed by atoms with E-state index in [0.29, 0.717) is 0 Å². The Bertz CT molecular complexity index is 369. The number of aliphatic carboxylic acids is 1. The molecule has 1 fully saturated rings. The Morgan fingerprint density at radius 2 is 2.39 bits per heavy atom. The van der Waals surface area contributed by atoms with E-state index in [1.165, 1.54) is 0 Å². The molecule has 5 nitrogen and oxygen atoms in total. The molecule has 1 aromatic heterocycles. The second-order valence-corrected chi connectivity index (χ2v) is 5.67. The summed E-state index contributed by atoms with van der Waals surface area (Å²) in [5.74, 6) is 1.36. The molecule has 0 amide bonds. The lowest BCUT2D eigenvalue weighted by Gasteiger charge is -2.34. The average molecular weight is 269 g/mol.